The van der Waals surface area contributed by atoms with Crippen molar-refractivity contribution < 1.29 is 15.0 Å². The largest absolute Gasteiger partial charge is 0.393 e. The summed E-state index contributed by atoms with van der Waals surface area (Å²) in [5.41, 5.74) is 0.875. The van der Waals surface area contributed by atoms with Crippen LogP contribution < -0.4 is 0 Å². The second-order valence-electron chi connectivity index (χ2n) is 8.39. The number of carbonyl (C=O) groups is 1. The molecule has 0 unspecified atom stereocenters. The Kier molecular flexibility index (Phi) is 3.03. The minimum absolute atomic E-state index is 0.0809. The highest BCUT2D eigenvalue weighted by atomic mass is 16.3. The summed E-state index contributed by atoms with van der Waals surface area (Å²) in [5, 5.41) is 21.4. The van der Waals surface area contributed by atoms with E-state index in [-0.39, 0.29) is 28.6 Å². The van der Waals surface area contributed by atoms with Crippen molar-refractivity contribution in [1.82, 2.24) is 0 Å². The molecule has 22 heavy (non-hydrogen) atoms. The van der Waals surface area contributed by atoms with E-state index in [0.717, 1.165) is 25.7 Å². The summed E-state index contributed by atoms with van der Waals surface area (Å²) in [4.78, 5) is 11.7. The molecule has 0 aromatic heterocycles. The van der Waals surface area contributed by atoms with E-state index in [1.54, 1.807) is 12.2 Å². The van der Waals surface area contributed by atoms with E-state index in [0.29, 0.717) is 18.3 Å². The molecule has 0 aliphatic heterocycles. The summed E-state index contributed by atoms with van der Waals surface area (Å²) in [6.45, 7) is 4.36. The molecule has 0 saturated heterocycles. The van der Waals surface area contributed by atoms with Crippen molar-refractivity contribution in [2.24, 2.45) is 28.6 Å². The van der Waals surface area contributed by atoms with Crippen LogP contribution >= 0.6 is 0 Å². The first kappa shape index (κ1) is 14.6. The number of hydrogen-bond acceptors (Lipinski definition) is 3. The van der Waals surface area contributed by atoms with Crippen molar-refractivity contribution in [2.45, 2.75) is 58.2 Å². The Hall–Kier alpha value is -0.930. The van der Waals surface area contributed by atoms with Gasteiger partial charge in [0.1, 0.15) is 0 Å². The first-order chi connectivity index (χ1) is 10.4. The van der Waals surface area contributed by atoms with Gasteiger partial charge in [-0.15, -0.1) is 0 Å². The van der Waals surface area contributed by atoms with Gasteiger partial charge in [0.2, 0.25) is 0 Å². The number of hydrogen-bond donors (Lipinski definition) is 2. The molecule has 4 aliphatic carbocycles. The molecule has 0 radical (unpaired) electrons. The number of ketones is 1. The van der Waals surface area contributed by atoms with Crippen LogP contribution in [0.3, 0.4) is 0 Å². The highest BCUT2D eigenvalue weighted by Crippen LogP contribution is 2.64. The zero-order valence-corrected chi connectivity index (χ0v) is 13.5. The Labute approximate surface area is 132 Å². The lowest BCUT2D eigenvalue weighted by molar-refractivity contribution is -0.129. The van der Waals surface area contributed by atoms with Crippen molar-refractivity contribution in [1.29, 1.82) is 0 Å². The molecule has 3 heteroatoms. The van der Waals surface area contributed by atoms with Crippen LogP contribution in [0.2, 0.25) is 0 Å². The first-order valence-electron chi connectivity index (χ1n) is 8.66. The van der Waals surface area contributed by atoms with E-state index >= 15 is 0 Å². The molecule has 4 aliphatic rings. The van der Waals surface area contributed by atoms with Gasteiger partial charge in [0, 0.05) is 11.3 Å². The zero-order valence-electron chi connectivity index (χ0n) is 13.5. The van der Waals surface area contributed by atoms with E-state index in [4.69, 9.17) is 0 Å². The lowest BCUT2D eigenvalue weighted by atomic mass is 9.47. The second-order valence-corrected chi connectivity index (χ2v) is 8.39. The van der Waals surface area contributed by atoms with Gasteiger partial charge in [-0.3, -0.25) is 4.79 Å². The number of fused-ring (bicyclic) bond motifs is 5. The topological polar surface area (TPSA) is 57.5 Å². The maximum atomic E-state index is 11.7. The molecule has 120 valence electrons. The zero-order chi connectivity index (χ0) is 15.7. The first-order valence-corrected chi connectivity index (χ1v) is 8.66. The van der Waals surface area contributed by atoms with Gasteiger partial charge < -0.3 is 10.2 Å². The van der Waals surface area contributed by atoms with Gasteiger partial charge in [0.15, 0.2) is 5.78 Å². The molecule has 0 aromatic carbocycles. The van der Waals surface area contributed by atoms with Crippen molar-refractivity contribution in [3.63, 3.8) is 0 Å². The lowest BCUT2D eigenvalue weighted by Crippen LogP contribution is -2.56. The van der Waals surface area contributed by atoms with Crippen molar-refractivity contribution in [2.75, 3.05) is 0 Å². The van der Waals surface area contributed by atoms with Gasteiger partial charge in [0.25, 0.3) is 0 Å². The normalized spacial score (nSPS) is 53.5. The molecule has 0 amide bonds. The fourth-order valence-corrected chi connectivity index (χ4v) is 6.30. The number of allylic oxidation sites excluding steroid dienone is 4. The maximum Gasteiger partial charge on any atom is 0.178 e. The highest BCUT2D eigenvalue weighted by molar-refractivity contribution is 6.01. The molecule has 7 atom stereocenters. The predicted octanol–water partition coefficient (Wildman–Crippen LogP) is 2.63. The van der Waals surface area contributed by atoms with Crippen LogP contribution in [0.4, 0.5) is 0 Å². The quantitative estimate of drug-likeness (QED) is 0.723. The lowest BCUT2D eigenvalue weighted by Gasteiger charge is -2.58. The standard InChI is InChI=1S/C19H26O3/c1-18-8-7-12(20)9-11(18)3-4-13-14-5-6-16(22)19(14,2)10-15(21)17(13)18/h7-9,13-17,21-22H,3-6,10H2,1-2H3/t13-,14+,15+,16+,17+,18-,19-/m0/s1. The number of aliphatic hydroxyl groups excluding tert-OH is 2. The Balaban J connectivity index is 1.76. The van der Waals surface area contributed by atoms with Crippen molar-refractivity contribution >= 4 is 5.78 Å². The van der Waals surface area contributed by atoms with E-state index in [2.05, 4.69) is 13.8 Å². The fraction of sp³-hybridized carbons (Fsp3) is 0.737. The summed E-state index contributed by atoms with van der Waals surface area (Å²) in [7, 11) is 0. The molecule has 0 bridgehead atoms. The van der Waals surface area contributed by atoms with Crippen LogP contribution in [0, 0.1) is 28.6 Å². The van der Waals surface area contributed by atoms with Crippen LogP contribution in [0.1, 0.15) is 46.0 Å². The smallest absolute Gasteiger partial charge is 0.178 e. The minimum Gasteiger partial charge on any atom is -0.393 e. The van der Waals surface area contributed by atoms with Gasteiger partial charge in [0.05, 0.1) is 12.2 Å². The average molecular weight is 302 g/mol. The molecule has 0 heterocycles. The van der Waals surface area contributed by atoms with Crippen molar-refractivity contribution in [3.8, 4) is 0 Å². The van der Waals surface area contributed by atoms with Crippen LogP contribution in [0.5, 0.6) is 0 Å². The summed E-state index contributed by atoms with van der Waals surface area (Å²) in [5.74, 6) is 1.21. The molecule has 0 aromatic rings. The Morgan fingerprint density at radius 1 is 1.18 bits per heavy atom. The van der Waals surface area contributed by atoms with Gasteiger partial charge in [-0.05, 0) is 61.5 Å². The van der Waals surface area contributed by atoms with Gasteiger partial charge in [-0.25, -0.2) is 0 Å². The Morgan fingerprint density at radius 2 is 1.95 bits per heavy atom. The Bertz CT molecular complexity index is 577. The second kappa shape index (κ2) is 4.55. The van der Waals surface area contributed by atoms with Crippen LogP contribution in [0.15, 0.2) is 23.8 Å². The van der Waals surface area contributed by atoms with E-state index in [1.807, 2.05) is 6.08 Å². The molecule has 3 saturated carbocycles. The SMILES string of the molecule is C[C@]12C[C@@H](O)[C@H]3[C@@H](CCC4=CC(=O)C=C[C@@]43C)[C@H]1CC[C@H]2O. The van der Waals surface area contributed by atoms with Crippen LogP contribution in [-0.2, 0) is 4.79 Å². The predicted molar refractivity (Wildman–Crippen MR) is 84.0 cm³/mol. The van der Waals surface area contributed by atoms with Crippen LogP contribution in [0.25, 0.3) is 0 Å². The van der Waals surface area contributed by atoms with Gasteiger partial charge in [-0.2, -0.15) is 0 Å². The van der Waals surface area contributed by atoms with E-state index in [9.17, 15) is 15.0 Å². The fourth-order valence-electron chi connectivity index (χ4n) is 6.30. The third-order valence-corrected chi connectivity index (χ3v) is 7.44. The van der Waals surface area contributed by atoms with Gasteiger partial charge >= 0.3 is 0 Å². The van der Waals surface area contributed by atoms with E-state index < -0.39 is 6.10 Å². The molecule has 3 nitrogen and oxygen atoms in total. The summed E-state index contributed by atoms with van der Waals surface area (Å²) >= 11 is 0. The molecular weight excluding hydrogens is 276 g/mol. The number of aliphatic hydroxyl groups is 2. The monoisotopic (exact) mass is 302 g/mol. The summed E-state index contributed by atoms with van der Waals surface area (Å²) in [6, 6.07) is 0. The van der Waals surface area contributed by atoms with E-state index in [1.165, 1.54) is 5.57 Å². The maximum absolute atomic E-state index is 11.7. The third-order valence-electron chi connectivity index (χ3n) is 7.44. The summed E-state index contributed by atoms with van der Waals surface area (Å²) in [6.07, 6.45) is 9.44. The average Bonchev–Trinajstić information content (AvgIpc) is 2.75. The third kappa shape index (κ3) is 1.73. The number of carbonyl (C=O) groups excluding carboxylic acids is 1. The molecule has 3 fully saturated rings. The minimum atomic E-state index is -0.398. The highest BCUT2D eigenvalue weighted by Gasteiger charge is 2.61. The Morgan fingerprint density at radius 3 is 2.73 bits per heavy atom. The van der Waals surface area contributed by atoms with Gasteiger partial charge in [-0.1, -0.05) is 25.5 Å². The molecule has 2 N–H and O–H groups in total. The molecular formula is C19H26O3. The van der Waals surface area contributed by atoms with Crippen molar-refractivity contribution in [3.05, 3.63) is 23.8 Å². The summed E-state index contributed by atoms with van der Waals surface area (Å²) < 4.78 is 0. The molecule has 0 spiro atoms. The van der Waals surface area contributed by atoms with Crippen LogP contribution in [-0.4, -0.2) is 28.2 Å². The number of rotatable bonds is 0. The molecule has 4 rings (SSSR count).